The molecule has 3 rings (SSSR count). The van der Waals surface area contributed by atoms with E-state index >= 15 is 0 Å². The number of aromatic nitrogens is 2. The van der Waals surface area contributed by atoms with Gasteiger partial charge in [-0.25, -0.2) is 0 Å². The van der Waals surface area contributed by atoms with Crippen molar-refractivity contribution in [1.82, 2.24) is 14.7 Å². The largest absolute Gasteiger partial charge is 0.390 e. The van der Waals surface area contributed by atoms with Gasteiger partial charge in [0, 0.05) is 31.2 Å². The van der Waals surface area contributed by atoms with Gasteiger partial charge in [0.2, 0.25) is 0 Å². The Bertz CT molecular complexity index is 460. The summed E-state index contributed by atoms with van der Waals surface area (Å²) in [4.78, 5) is 2.47. The Labute approximate surface area is 120 Å². The van der Waals surface area contributed by atoms with Crippen LogP contribution in [-0.2, 0) is 17.7 Å². The minimum absolute atomic E-state index is 0.0649. The lowest BCUT2D eigenvalue weighted by molar-refractivity contribution is -0.102. The van der Waals surface area contributed by atoms with E-state index in [1.165, 1.54) is 12.8 Å². The highest BCUT2D eigenvalue weighted by Gasteiger charge is 2.35. The summed E-state index contributed by atoms with van der Waals surface area (Å²) in [7, 11) is 0. The minimum atomic E-state index is -0.446. The molecule has 0 spiro atoms. The maximum Gasteiger partial charge on any atom is 0.0965 e. The molecule has 3 unspecified atom stereocenters. The molecular formula is C15H25N3O2. The van der Waals surface area contributed by atoms with Gasteiger partial charge in [0.25, 0.3) is 0 Å². The van der Waals surface area contributed by atoms with Crippen molar-refractivity contribution in [3.8, 4) is 0 Å². The lowest BCUT2D eigenvalue weighted by Crippen LogP contribution is -2.50. The van der Waals surface area contributed by atoms with Crippen LogP contribution in [0.1, 0.15) is 31.2 Å². The Morgan fingerprint density at radius 1 is 1.55 bits per heavy atom. The molecule has 5 heteroatoms. The van der Waals surface area contributed by atoms with Crippen molar-refractivity contribution in [2.75, 3.05) is 19.7 Å². The number of aliphatic hydroxyl groups excluding tert-OH is 1. The number of rotatable bonds is 4. The molecule has 1 aromatic rings. The Morgan fingerprint density at radius 2 is 2.40 bits per heavy atom. The first-order valence-electron chi connectivity index (χ1n) is 7.74. The standard InChI is InChI=1S/C15H25N3O2/c1-3-18-13(7-11(2)16-18)8-14(19)15-9-17-6-4-5-12(17)10-20-15/h7,12,14-15,19H,3-6,8-10H2,1-2H3. The van der Waals surface area contributed by atoms with Gasteiger partial charge in [-0.1, -0.05) is 0 Å². The van der Waals surface area contributed by atoms with Crippen LogP contribution in [0.5, 0.6) is 0 Å². The van der Waals surface area contributed by atoms with E-state index in [-0.39, 0.29) is 6.10 Å². The summed E-state index contributed by atoms with van der Waals surface area (Å²) in [6.45, 7) is 7.71. The number of aryl methyl sites for hydroxylation is 2. The number of nitrogens with zero attached hydrogens (tertiary/aromatic N) is 3. The number of aliphatic hydroxyl groups is 1. The molecule has 0 bridgehead atoms. The van der Waals surface area contributed by atoms with Crippen LogP contribution in [-0.4, -0.2) is 57.7 Å². The Morgan fingerprint density at radius 3 is 3.20 bits per heavy atom. The normalized spacial score (nSPS) is 28.6. The van der Waals surface area contributed by atoms with Crippen molar-refractivity contribution in [3.63, 3.8) is 0 Å². The van der Waals surface area contributed by atoms with Crippen molar-refractivity contribution in [2.45, 2.75) is 57.9 Å². The van der Waals surface area contributed by atoms with E-state index in [0.29, 0.717) is 12.5 Å². The second-order valence-corrected chi connectivity index (χ2v) is 6.03. The number of hydrogen-bond acceptors (Lipinski definition) is 4. The predicted octanol–water partition coefficient (Wildman–Crippen LogP) is 0.978. The van der Waals surface area contributed by atoms with Gasteiger partial charge in [-0.15, -0.1) is 0 Å². The summed E-state index contributed by atoms with van der Waals surface area (Å²) < 4.78 is 7.86. The van der Waals surface area contributed by atoms with E-state index < -0.39 is 6.10 Å². The highest BCUT2D eigenvalue weighted by atomic mass is 16.5. The summed E-state index contributed by atoms with van der Waals surface area (Å²) in [5, 5.41) is 14.9. The molecule has 1 aromatic heterocycles. The third-order valence-electron chi connectivity index (χ3n) is 4.55. The average Bonchev–Trinajstić information content (AvgIpc) is 3.03. The molecule has 0 amide bonds. The quantitative estimate of drug-likeness (QED) is 0.892. The zero-order chi connectivity index (χ0) is 14.1. The van der Waals surface area contributed by atoms with E-state index in [1.54, 1.807) is 0 Å². The first-order chi connectivity index (χ1) is 9.67. The van der Waals surface area contributed by atoms with Crippen LogP contribution in [0.15, 0.2) is 6.07 Å². The van der Waals surface area contributed by atoms with E-state index in [1.807, 2.05) is 11.6 Å². The number of fused-ring (bicyclic) bond motifs is 1. The first kappa shape index (κ1) is 14.0. The zero-order valence-corrected chi connectivity index (χ0v) is 12.5. The second-order valence-electron chi connectivity index (χ2n) is 6.03. The fraction of sp³-hybridized carbons (Fsp3) is 0.800. The fourth-order valence-corrected chi connectivity index (χ4v) is 3.46. The van der Waals surface area contributed by atoms with Gasteiger partial charge >= 0.3 is 0 Å². The zero-order valence-electron chi connectivity index (χ0n) is 12.5. The third kappa shape index (κ3) is 2.75. The fourth-order valence-electron chi connectivity index (χ4n) is 3.46. The highest BCUT2D eigenvalue weighted by molar-refractivity contribution is 5.10. The molecule has 1 N–H and O–H groups in total. The number of ether oxygens (including phenoxy) is 1. The Hall–Kier alpha value is -0.910. The van der Waals surface area contributed by atoms with E-state index in [4.69, 9.17) is 4.74 Å². The Balaban J connectivity index is 1.62. The van der Waals surface area contributed by atoms with E-state index in [2.05, 4.69) is 23.0 Å². The molecule has 0 saturated carbocycles. The number of morpholine rings is 1. The van der Waals surface area contributed by atoms with Crippen LogP contribution in [0.3, 0.4) is 0 Å². The van der Waals surface area contributed by atoms with Crippen LogP contribution in [0.25, 0.3) is 0 Å². The molecule has 0 radical (unpaired) electrons. The maximum absolute atomic E-state index is 10.5. The lowest BCUT2D eigenvalue weighted by atomic mass is 10.1. The van der Waals surface area contributed by atoms with Crippen molar-refractivity contribution in [1.29, 1.82) is 0 Å². The van der Waals surface area contributed by atoms with Crippen LogP contribution in [0.4, 0.5) is 0 Å². The van der Waals surface area contributed by atoms with Gasteiger partial charge < -0.3 is 9.84 Å². The summed E-state index contributed by atoms with van der Waals surface area (Å²) in [6.07, 6.45) is 2.61. The lowest BCUT2D eigenvalue weighted by Gasteiger charge is -2.37. The molecule has 2 fully saturated rings. The monoisotopic (exact) mass is 279 g/mol. The molecule has 2 aliphatic rings. The summed E-state index contributed by atoms with van der Waals surface area (Å²) in [5.74, 6) is 0. The predicted molar refractivity (Wildman–Crippen MR) is 76.7 cm³/mol. The van der Waals surface area contributed by atoms with Crippen molar-refractivity contribution >= 4 is 0 Å². The van der Waals surface area contributed by atoms with Crippen molar-refractivity contribution in [3.05, 3.63) is 17.5 Å². The molecule has 3 heterocycles. The average molecular weight is 279 g/mol. The van der Waals surface area contributed by atoms with Crippen LogP contribution in [0, 0.1) is 6.92 Å². The van der Waals surface area contributed by atoms with Gasteiger partial charge in [-0.2, -0.15) is 5.10 Å². The summed E-state index contributed by atoms with van der Waals surface area (Å²) in [5.41, 5.74) is 2.11. The summed E-state index contributed by atoms with van der Waals surface area (Å²) in [6, 6.07) is 2.65. The van der Waals surface area contributed by atoms with Gasteiger partial charge in [-0.3, -0.25) is 9.58 Å². The topological polar surface area (TPSA) is 50.5 Å². The van der Waals surface area contributed by atoms with Crippen LogP contribution >= 0.6 is 0 Å². The SMILES string of the molecule is CCn1nc(C)cc1CC(O)C1CN2CCCC2CO1. The molecule has 0 aliphatic carbocycles. The molecule has 3 atom stereocenters. The first-order valence-corrected chi connectivity index (χ1v) is 7.74. The van der Waals surface area contributed by atoms with Crippen LogP contribution in [0.2, 0.25) is 0 Å². The van der Waals surface area contributed by atoms with Gasteiger partial charge in [-0.05, 0) is 39.3 Å². The van der Waals surface area contributed by atoms with Crippen molar-refractivity contribution in [2.24, 2.45) is 0 Å². The molecular weight excluding hydrogens is 254 g/mol. The molecule has 2 saturated heterocycles. The molecule has 2 aliphatic heterocycles. The Kier molecular flexibility index (Phi) is 4.10. The molecule has 5 nitrogen and oxygen atoms in total. The van der Waals surface area contributed by atoms with Crippen molar-refractivity contribution < 1.29 is 9.84 Å². The van der Waals surface area contributed by atoms with Crippen LogP contribution < -0.4 is 0 Å². The smallest absolute Gasteiger partial charge is 0.0965 e. The van der Waals surface area contributed by atoms with Gasteiger partial charge in [0.1, 0.15) is 0 Å². The maximum atomic E-state index is 10.5. The van der Waals surface area contributed by atoms with E-state index in [0.717, 1.165) is 37.6 Å². The highest BCUT2D eigenvalue weighted by Crippen LogP contribution is 2.24. The summed E-state index contributed by atoms with van der Waals surface area (Å²) >= 11 is 0. The van der Waals surface area contributed by atoms with Gasteiger partial charge in [0.05, 0.1) is 24.5 Å². The molecule has 112 valence electrons. The molecule has 0 aromatic carbocycles. The van der Waals surface area contributed by atoms with Gasteiger partial charge in [0.15, 0.2) is 0 Å². The molecule has 20 heavy (non-hydrogen) atoms. The minimum Gasteiger partial charge on any atom is -0.390 e. The second kappa shape index (κ2) is 5.84. The third-order valence-corrected chi connectivity index (χ3v) is 4.55. The van der Waals surface area contributed by atoms with E-state index in [9.17, 15) is 5.11 Å². The number of hydrogen-bond donors (Lipinski definition) is 1.